The quantitative estimate of drug-likeness (QED) is 0.638. The van der Waals surface area contributed by atoms with Gasteiger partial charge in [0, 0.05) is 18.5 Å². The normalized spacial score (nSPS) is 16.7. The summed E-state index contributed by atoms with van der Waals surface area (Å²) < 4.78 is 1.94. The van der Waals surface area contributed by atoms with Gasteiger partial charge in [-0.25, -0.2) is 4.98 Å². The molecule has 156 valence electrons. The fourth-order valence-corrected chi connectivity index (χ4v) is 4.56. The third-order valence-corrected chi connectivity index (χ3v) is 5.90. The summed E-state index contributed by atoms with van der Waals surface area (Å²) in [5.74, 6) is 2.30. The number of rotatable bonds is 5. The van der Waals surface area contributed by atoms with Gasteiger partial charge in [-0.05, 0) is 50.9 Å². The Balaban J connectivity index is 2.07. The molecule has 1 saturated heterocycles. The zero-order valence-electron chi connectivity index (χ0n) is 18.6. The lowest BCUT2D eigenvalue weighted by molar-refractivity contribution is 0.299. The van der Waals surface area contributed by atoms with E-state index in [0.717, 1.165) is 54.1 Å². The SMILES string of the molecule is Cc1c(-c2ccccc2)c(N2CCCC2N(C)C)n2nc(CC(C)C)nc2c1C#N. The third-order valence-electron chi connectivity index (χ3n) is 5.90. The Hall–Kier alpha value is -2.91. The molecular formula is C24H30N6. The van der Waals surface area contributed by atoms with Crippen molar-refractivity contribution in [3.63, 3.8) is 0 Å². The molecule has 0 radical (unpaired) electrons. The molecule has 0 aliphatic carbocycles. The lowest BCUT2D eigenvalue weighted by Crippen LogP contribution is -2.41. The molecule has 6 nitrogen and oxygen atoms in total. The number of fused-ring (bicyclic) bond motifs is 1. The minimum atomic E-state index is 0.292. The van der Waals surface area contributed by atoms with Crippen molar-refractivity contribution < 1.29 is 0 Å². The van der Waals surface area contributed by atoms with Gasteiger partial charge in [0.2, 0.25) is 0 Å². The van der Waals surface area contributed by atoms with Crippen molar-refractivity contribution in [1.82, 2.24) is 19.5 Å². The molecule has 0 saturated carbocycles. The van der Waals surface area contributed by atoms with Crippen molar-refractivity contribution in [3.8, 4) is 17.2 Å². The van der Waals surface area contributed by atoms with Crippen LogP contribution >= 0.6 is 0 Å². The highest BCUT2D eigenvalue weighted by Crippen LogP contribution is 2.40. The van der Waals surface area contributed by atoms with Crippen LogP contribution in [-0.2, 0) is 6.42 Å². The van der Waals surface area contributed by atoms with Crippen molar-refractivity contribution in [1.29, 1.82) is 5.26 Å². The second kappa shape index (κ2) is 8.08. The fourth-order valence-electron chi connectivity index (χ4n) is 4.56. The number of pyridine rings is 1. The molecule has 6 heteroatoms. The average molecular weight is 403 g/mol. The minimum absolute atomic E-state index is 0.292. The van der Waals surface area contributed by atoms with E-state index in [1.807, 2.05) is 29.6 Å². The van der Waals surface area contributed by atoms with Gasteiger partial charge in [-0.2, -0.15) is 9.78 Å². The molecule has 1 atom stereocenters. The second-order valence-corrected chi connectivity index (χ2v) is 8.82. The number of aromatic nitrogens is 3. The van der Waals surface area contributed by atoms with Crippen LogP contribution in [0.25, 0.3) is 16.8 Å². The zero-order chi connectivity index (χ0) is 21.4. The molecule has 2 aromatic heterocycles. The zero-order valence-corrected chi connectivity index (χ0v) is 18.6. The standard InChI is InChI=1S/C24H30N6/c1-16(2)14-20-26-23-19(15-25)17(3)22(18-10-7-6-8-11-18)24(30(23)27-20)29-13-9-12-21(29)28(4)5/h6-8,10-11,16,21H,9,12-14H2,1-5H3. The highest BCUT2D eigenvalue weighted by molar-refractivity contribution is 5.85. The van der Waals surface area contributed by atoms with Gasteiger partial charge in [-0.3, -0.25) is 4.90 Å². The summed E-state index contributed by atoms with van der Waals surface area (Å²) in [6, 6.07) is 12.8. The summed E-state index contributed by atoms with van der Waals surface area (Å²) in [6.45, 7) is 7.34. The van der Waals surface area contributed by atoms with Crippen molar-refractivity contribution in [2.24, 2.45) is 5.92 Å². The minimum Gasteiger partial charge on any atom is -0.340 e. The summed E-state index contributed by atoms with van der Waals surface area (Å²) in [5.41, 5.74) is 4.44. The molecule has 3 aromatic rings. The van der Waals surface area contributed by atoms with E-state index >= 15 is 0 Å². The maximum Gasteiger partial charge on any atom is 0.176 e. The van der Waals surface area contributed by atoms with Gasteiger partial charge in [-0.1, -0.05) is 44.2 Å². The van der Waals surface area contributed by atoms with Crippen LogP contribution in [0.5, 0.6) is 0 Å². The van der Waals surface area contributed by atoms with Crippen LogP contribution in [0, 0.1) is 24.2 Å². The molecule has 0 amide bonds. The Morgan fingerprint density at radius 3 is 2.60 bits per heavy atom. The average Bonchev–Trinajstić information content (AvgIpc) is 3.34. The van der Waals surface area contributed by atoms with E-state index in [4.69, 9.17) is 10.1 Å². The van der Waals surface area contributed by atoms with E-state index in [1.54, 1.807) is 0 Å². The first-order valence-electron chi connectivity index (χ1n) is 10.7. The van der Waals surface area contributed by atoms with Gasteiger partial charge in [0.05, 0.1) is 6.17 Å². The fraction of sp³-hybridized carbons (Fsp3) is 0.458. The second-order valence-electron chi connectivity index (χ2n) is 8.82. The maximum atomic E-state index is 10.0. The predicted molar refractivity (Wildman–Crippen MR) is 120 cm³/mol. The number of nitrogens with zero attached hydrogens (tertiary/aromatic N) is 6. The van der Waals surface area contributed by atoms with E-state index in [1.165, 1.54) is 0 Å². The predicted octanol–water partition coefficient (Wildman–Crippen LogP) is 4.26. The van der Waals surface area contributed by atoms with E-state index in [9.17, 15) is 5.26 Å². The van der Waals surface area contributed by atoms with Crippen molar-refractivity contribution in [3.05, 3.63) is 47.3 Å². The molecule has 1 fully saturated rings. The maximum absolute atomic E-state index is 10.0. The number of hydrogen-bond donors (Lipinski definition) is 0. The molecule has 1 aromatic carbocycles. The summed E-state index contributed by atoms with van der Waals surface area (Å²) >= 11 is 0. The van der Waals surface area contributed by atoms with Crippen LogP contribution in [0.3, 0.4) is 0 Å². The summed E-state index contributed by atoms with van der Waals surface area (Å²) in [7, 11) is 4.26. The first-order valence-corrected chi connectivity index (χ1v) is 10.7. The van der Waals surface area contributed by atoms with E-state index in [0.29, 0.717) is 23.3 Å². The summed E-state index contributed by atoms with van der Waals surface area (Å²) in [4.78, 5) is 9.52. The Kier molecular flexibility index (Phi) is 5.48. The molecule has 1 aliphatic heterocycles. The number of anilines is 1. The molecule has 1 unspecified atom stereocenters. The highest BCUT2D eigenvalue weighted by Gasteiger charge is 2.33. The van der Waals surface area contributed by atoms with Gasteiger partial charge in [0.15, 0.2) is 11.5 Å². The van der Waals surface area contributed by atoms with Crippen LogP contribution in [0.2, 0.25) is 0 Å². The number of benzene rings is 1. The number of hydrogen-bond acceptors (Lipinski definition) is 5. The molecule has 1 aliphatic rings. The molecule has 4 rings (SSSR count). The molecule has 0 bridgehead atoms. The third kappa shape index (κ3) is 3.44. The lowest BCUT2D eigenvalue weighted by Gasteiger charge is -2.33. The lowest BCUT2D eigenvalue weighted by atomic mass is 9.97. The van der Waals surface area contributed by atoms with Crippen molar-refractivity contribution >= 4 is 11.5 Å². The van der Waals surface area contributed by atoms with Gasteiger partial charge in [-0.15, -0.1) is 5.10 Å². The van der Waals surface area contributed by atoms with Crippen LogP contribution in [-0.4, -0.2) is 46.3 Å². The molecule has 0 N–H and O–H groups in total. The highest BCUT2D eigenvalue weighted by atomic mass is 15.4. The largest absolute Gasteiger partial charge is 0.340 e. The summed E-state index contributed by atoms with van der Waals surface area (Å²) in [5, 5.41) is 14.9. The summed E-state index contributed by atoms with van der Waals surface area (Å²) in [6.07, 6.45) is 3.32. The van der Waals surface area contributed by atoms with Gasteiger partial charge < -0.3 is 4.90 Å². The van der Waals surface area contributed by atoms with E-state index in [2.05, 4.69) is 55.9 Å². The first kappa shape index (κ1) is 20.4. The van der Waals surface area contributed by atoms with E-state index in [-0.39, 0.29) is 0 Å². The van der Waals surface area contributed by atoms with Crippen molar-refractivity contribution in [2.75, 3.05) is 25.5 Å². The van der Waals surface area contributed by atoms with Gasteiger partial charge in [0.1, 0.15) is 17.5 Å². The van der Waals surface area contributed by atoms with Gasteiger partial charge >= 0.3 is 0 Å². The number of nitriles is 1. The van der Waals surface area contributed by atoms with E-state index < -0.39 is 0 Å². The topological polar surface area (TPSA) is 60.5 Å². The van der Waals surface area contributed by atoms with Gasteiger partial charge in [0.25, 0.3) is 0 Å². The Bertz CT molecular complexity index is 1090. The monoisotopic (exact) mass is 402 g/mol. The molecule has 3 heterocycles. The van der Waals surface area contributed by atoms with Crippen LogP contribution in [0.4, 0.5) is 5.82 Å². The van der Waals surface area contributed by atoms with Crippen LogP contribution in [0.1, 0.15) is 43.6 Å². The first-order chi connectivity index (χ1) is 14.4. The van der Waals surface area contributed by atoms with Crippen molar-refractivity contribution in [2.45, 2.75) is 46.2 Å². The molecule has 30 heavy (non-hydrogen) atoms. The Morgan fingerprint density at radius 2 is 1.97 bits per heavy atom. The molecular weight excluding hydrogens is 372 g/mol. The Morgan fingerprint density at radius 1 is 1.23 bits per heavy atom. The Labute approximate surface area is 178 Å². The smallest absolute Gasteiger partial charge is 0.176 e. The van der Waals surface area contributed by atoms with Crippen LogP contribution < -0.4 is 4.90 Å². The molecule has 0 spiro atoms. The van der Waals surface area contributed by atoms with Crippen LogP contribution in [0.15, 0.2) is 30.3 Å².